The van der Waals surface area contributed by atoms with Gasteiger partial charge >= 0.3 is 0 Å². The summed E-state index contributed by atoms with van der Waals surface area (Å²) in [5, 5.41) is 2.93. The number of ether oxygens (including phenoxy) is 1. The van der Waals surface area contributed by atoms with Crippen molar-refractivity contribution in [3.8, 4) is 5.75 Å². The molecule has 172 valence electrons. The van der Waals surface area contributed by atoms with Crippen LogP contribution in [-0.4, -0.2) is 36.4 Å². The first kappa shape index (κ1) is 24.1. The maximum atomic E-state index is 13.6. The molecule has 5 heteroatoms. The Balaban J connectivity index is 1.92. The fraction of sp³-hybridized carbons (Fsp3) is 0.286. The number of carbonyl (C=O) groups is 2. The van der Waals surface area contributed by atoms with Crippen LogP contribution < -0.4 is 10.1 Å². The second-order valence-electron chi connectivity index (χ2n) is 8.13. The number of benzene rings is 3. The molecule has 1 N–H and O–H groups in total. The molecular formula is C28H32N2O3. The van der Waals surface area contributed by atoms with Crippen LogP contribution in [0.2, 0.25) is 0 Å². The standard InChI is InChI=1S/C28H32N2O3/c1-4-29-28(32)26(18-22-8-6-5-7-9-22)30(20-24-12-10-21(2)11-13-24)27(31)19-23-14-16-25(33-3)17-15-23/h5-17,26H,4,18-20H2,1-3H3,(H,29,32)/t26-/m0/s1. The van der Waals surface area contributed by atoms with E-state index in [0.717, 1.165) is 28.0 Å². The Morgan fingerprint density at radius 1 is 0.879 bits per heavy atom. The number of carbonyl (C=O) groups excluding carboxylic acids is 2. The summed E-state index contributed by atoms with van der Waals surface area (Å²) in [6, 6.07) is 24.8. The molecule has 33 heavy (non-hydrogen) atoms. The molecule has 0 aromatic heterocycles. The van der Waals surface area contributed by atoms with E-state index in [1.54, 1.807) is 12.0 Å². The van der Waals surface area contributed by atoms with Crippen molar-refractivity contribution in [2.45, 2.75) is 39.3 Å². The monoisotopic (exact) mass is 444 g/mol. The summed E-state index contributed by atoms with van der Waals surface area (Å²) in [5.74, 6) is 0.511. The average molecular weight is 445 g/mol. The molecule has 3 rings (SSSR count). The molecule has 0 heterocycles. The molecule has 0 spiro atoms. The van der Waals surface area contributed by atoms with Crippen molar-refractivity contribution in [2.24, 2.45) is 0 Å². The molecule has 2 amide bonds. The van der Waals surface area contributed by atoms with Gasteiger partial charge in [-0.05, 0) is 42.7 Å². The van der Waals surface area contributed by atoms with Crippen LogP contribution in [0.15, 0.2) is 78.9 Å². The number of aryl methyl sites for hydroxylation is 1. The minimum Gasteiger partial charge on any atom is -0.497 e. The Morgan fingerprint density at radius 3 is 2.12 bits per heavy atom. The first-order chi connectivity index (χ1) is 16.0. The third kappa shape index (κ3) is 6.94. The van der Waals surface area contributed by atoms with Gasteiger partial charge in [0.2, 0.25) is 11.8 Å². The third-order valence-electron chi connectivity index (χ3n) is 5.61. The fourth-order valence-electron chi connectivity index (χ4n) is 3.76. The van der Waals surface area contributed by atoms with E-state index in [9.17, 15) is 9.59 Å². The summed E-state index contributed by atoms with van der Waals surface area (Å²) < 4.78 is 5.22. The van der Waals surface area contributed by atoms with E-state index in [4.69, 9.17) is 4.74 Å². The summed E-state index contributed by atoms with van der Waals surface area (Å²) in [7, 11) is 1.62. The van der Waals surface area contributed by atoms with Gasteiger partial charge in [0.05, 0.1) is 13.5 Å². The molecule has 5 nitrogen and oxygen atoms in total. The van der Waals surface area contributed by atoms with Gasteiger partial charge < -0.3 is 15.0 Å². The van der Waals surface area contributed by atoms with Gasteiger partial charge in [0.1, 0.15) is 11.8 Å². The molecule has 3 aromatic carbocycles. The minimum atomic E-state index is -0.612. The second kappa shape index (κ2) is 11.9. The van der Waals surface area contributed by atoms with E-state index >= 15 is 0 Å². The Morgan fingerprint density at radius 2 is 1.52 bits per heavy atom. The lowest BCUT2D eigenvalue weighted by Gasteiger charge is -2.31. The van der Waals surface area contributed by atoms with Crippen LogP contribution in [0, 0.1) is 6.92 Å². The van der Waals surface area contributed by atoms with Gasteiger partial charge in [-0.25, -0.2) is 0 Å². The molecule has 0 saturated heterocycles. The summed E-state index contributed by atoms with van der Waals surface area (Å²) in [6.45, 7) is 4.79. The number of amides is 2. The molecule has 0 radical (unpaired) electrons. The molecule has 0 fully saturated rings. The Kier molecular flexibility index (Phi) is 8.64. The number of rotatable bonds is 10. The van der Waals surface area contributed by atoms with Gasteiger partial charge in [0.25, 0.3) is 0 Å². The van der Waals surface area contributed by atoms with E-state index in [0.29, 0.717) is 19.5 Å². The zero-order chi connectivity index (χ0) is 23.6. The second-order valence-corrected chi connectivity index (χ2v) is 8.13. The number of hydrogen-bond acceptors (Lipinski definition) is 3. The van der Waals surface area contributed by atoms with Crippen LogP contribution in [-0.2, 0) is 29.0 Å². The highest BCUT2D eigenvalue weighted by molar-refractivity contribution is 5.88. The summed E-state index contributed by atoms with van der Waals surface area (Å²) in [5.41, 5.74) is 4.04. The van der Waals surface area contributed by atoms with E-state index in [1.807, 2.05) is 92.7 Å². The van der Waals surface area contributed by atoms with Crippen LogP contribution in [0.3, 0.4) is 0 Å². The predicted octanol–water partition coefficient (Wildman–Crippen LogP) is 4.32. The van der Waals surface area contributed by atoms with Gasteiger partial charge in [-0.15, -0.1) is 0 Å². The van der Waals surface area contributed by atoms with E-state index in [-0.39, 0.29) is 18.2 Å². The third-order valence-corrected chi connectivity index (χ3v) is 5.61. The molecule has 0 aliphatic heterocycles. The highest BCUT2D eigenvalue weighted by atomic mass is 16.5. The lowest BCUT2D eigenvalue weighted by molar-refractivity contribution is -0.140. The zero-order valence-electron chi connectivity index (χ0n) is 19.6. The molecule has 0 aliphatic carbocycles. The van der Waals surface area contributed by atoms with Crippen molar-refractivity contribution in [3.63, 3.8) is 0 Å². The molecule has 1 atom stereocenters. The zero-order valence-corrected chi connectivity index (χ0v) is 19.6. The molecule has 0 aliphatic rings. The van der Waals surface area contributed by atoms with E-state index < -0.39 is 6.04 Å². The normalized spacial score (nSPS) is 11.5. The largest absolute Gasteiger partial charge is 0.497 e. The average Bonchev–Trinajstić information content (AvgIpc) is 2.83. The Hall–Kier alpha value is -3.60. The molecule has 0 bridgehead atoms. The van der Waals surface area contributed by atoms with Crippen LogP contribution in [0.4, 0.5) is 0 Å². The van der Waals surface area contributed by atoms with Crippen LogP contribution in [0.1, 0.15) is 29.2 Å². The molecule has 3 aromatic rings. The van der Waals surface area contributed by atoms with Gasteiger partial charge in [0, 0.05) is 19.5 Å². The summed E-state index contributed by atoms with van der Waals surface area (Å²) in [4.78, 5) is 28.5. The van der Waals surface area contributed by atoms with E-state index in [1.165, 1.54) is 0 Å². The van der Waals surface area contributed by atoms with Gasteiger partial charge in [-0.1, -0.05) is 72.3 Å². The number of likely N-dealkylation sites (N-methyl/N-ethyl adjacent to an activating group) is 1. The molecule has 0 unspecified atom stereocenters. The van der Waals surface area contributed by atoms with E-state index in [2.05, 4.69) is 5.32 Å². The van der Waals surface area contributed by atoms with Gasteiger partial charge in [0.15, 0.2) is 0 Å². The van der Waals surface area contributed by atoms with Gasteiger partial charge in [-0.3, -0.25) is 9.59 Å². The first-order valence-electron chi connectivity index (χ1n) is 11.3. The van der Waals surface area contributed by atoms with Crippen LogP contribution >= 0.6 is 0 Å². The first-order valence-corrected chi connectivity index (χ1v) is 11.3. The van der Waals surface area contributed by atoms with Crippen molar-refractivity contribution in [3.05, 3.63) is 101 Å². The Labute approximate surface area is 196 Å². The van der Waals surface area contributed by atoms with Gasteiger partial charge in [-0.2, -0.15) is 0 Å². The van der Waals surface area contributed by atoms with Crippen molar-refractivity contribution in [1.29, 1.82) is 0 Å². The Bertz CT molecular complexity index is 1030. The van der Waals surface area contributed by atoms with Crippen molar-refractivity contribution in [1.82, 2.24) is 10.2 Å². The number of hydrogen-bond donors (Lipinski definition) is 1. The highest BCUT2D eigenvalue weighted by Gasteiger charge is 2.30. The smallest absolute Gasteiger partial charge is 0.243 e. The predicted molar refractivity (Wildman–Crippen MR) is 131 cm³/mol. The lowest BCUT2D eigenvalue weighted by Crippen LogP contribution is -2.50. The minimum absolute atomic E-state index is 0.0899. The number of nitrogens with zero attached hydrogens (tertiary/aromatic N) is 1. The maximum absolute atomic E-state index is 13.6. The maximum Gasteiger partial charge on any atom is 0.243 e. The molecular weight excluding hydrogens is 412 g/mol. The summed E-state index contributed by atoms with van der Waals surface area (Å²) >= 11 is 0. The van der Waals surface area contributed by atoms with Crippen molar-refractivity contribution >= 4 is 11.8 Å². The topological polar surface area (TPSA) is 58.6 Å². The van der Waals surface area contributed by atoms with Crippen LogP contribution in [0.5, 0.6) is 5.75 Å². The SMILES string of the molecule is CCNC(=O)[C@H](Cc1ccccc1)N(Cc1ccc(C)cc1)C(=O)Cc1ccc(OC)cc1. The summed E-state index contributed by atoms with van der Waals surface area (Å²) in [6.07, 6.45) is 0.660. The molecule has 0 saturated carbocycles. The lowest BCUT2D eigenvalue weighted by atomic mass is 10.0. The van der Waals surface area contributed by atoms with Crippen LogP contribution in [0.25, 0.3) is 0 Å². The number of methoxy groups -OCH3 is 1. The quantitative estimate of drug-likeness (QED) is 0.507. The van der Waals surface area contributed by atoms with Crippen molar-refractivity contribution in [2.75, 3.05) is 13.7 Å². The fourth-order valence-corrected chi connectivity index (χ4v) is 3.76. The highest BCUT2D eigenvalue weighted by Crippen LogP contribution is 2.18. The number of nitrogens with one attached hydrogen (secondary N) is 1. The van der Waals surface area contributed by atoms with Crippen molar-refractivity contribution < 1.29 is 14.3 Å².